The molecule has 0 saturated carbocycles. The van der Waals surface area contributed by atoms with Gasteiger partial charge in [0.05, 0.1) is 10.6 Å². The highest BCUT2D eigenvalue weighted by Crippen LogP contribution is 2.26. The van der Waals surface area contributed by atoms with E-state index in [0.717, 1.165) is 15.4 Å². The number of amides is 1. The van der Waals surface area contributed by atoms with Crippen LogP contribution in [0.15, 0.2) is 71.6 Å². The van der Waals surface area contributed by atoms with Crippen molar-refractivity contribution in [3.8, 4) is 0 Å². The Bertz CT molecular complexity index is 1260. The number of sulfonamides is 1. The minimum Gasteiger partial charge on any atom is -0.354 e. The number of benzene rings is 3. The molecule has 36 heavy (non-hydrogen) atoms. The van der Waals surface area contributed by atoms with Gasteiger partial charge in [-0.1, -0.05) is 61.3 Å². The third-order valence-electron chi connectivity index (χ3n) is 5.62. The number of rotatable bonds is 11. The van der Waals surface area contributed by atoms with Crippen LogP contribution in [-0.4, -0.2) is 33.2 Å². The quantitative estimate of drug-likeness (QED) is 0.292. The normalized spacial score (nSPS) is 11.5. The topological polar surface area (TPSA) is 66.5 Å². The Morgan fingerprint density at radius 3 is 2.33 bits per heavy atom. The Labute approximate surface area is 222 Å². The Hall–Kier alpha value is -2.55. The molecule has 0 aliphatic carbocycles. The fourth-order valence-corrected chi connectivity index (χ4v) is 6.09. The third-order valence-corrected chi connectivity index (χ3v) is 8.75. The van der Waals surface area contributed by atoms with Crippen LogP contribution in [0.4, 0.5) is 10.1 Å². The van der Waals surface area contributed by atoms with Gasteiger partial charge >= 0.3 is 0 Å². The molecule has 3 aromatic rings. The molecule has 192 valence electrons. The molecular weight excluding hydrogens is 519 g/mol. The van der Waals surface area contributed by atoms with E-state index in [4.69, 9.17) is 11.6 Å². The minimum absolute atomic E-state index is 0.117. The highest BCUT2D eigenvalue weighted by atomic mass is 35.5. The van der Waals surface area contributed by atoms with Gasteiger partial charge in [-0.05, 0) is 54.8 Å². The van der Waals surface area contributed by atoms with Gasteiger partial charge in [0.1, 0.15) is 12.4 Å². The summed E-state index contributed by atoms with van der Waals surface area (Å²) < 4.78 is 42.0. The molecule has 0 spiro atoms. The number of halogens is 2. The number of hydrogen-bond acceptors (Lipinski definition) is 4. The maximum Gasteiger partial charge on any atom is 0.264 e. The van der Waals surface area contributed by atoms with Crippen LogP contribution in [0.5, 0.6) is 0 Å². The standard InChI is InChI=1S/C27H30ClFN2O3S2/c1-19(2)21-9-11-22(12-10-21)31(36(33,34)23-13-7-20(3)8-14-23)17-27(32)30-15-16-35-18-24-25(28)5-4-6-26(24)29/h4-14,19H,15-18H2,1-3H3,(H,30,32). The predicted octanol–water partition coefficient (Wildman–Crippen LogP) is 6.16. The second-order valence-electron chi connectivity index (χ2n) is 8.67. The Balaban J connectivity index is 1.68. The van der Waals surface area contributed by atoms with Gasteiger partial charge < -0.3 is 5.32 Å². The Morgan fingerprint density at radius 2 is 1.72 bits per heavy atom. The fourth-order valence-electron chi connectivity index (χ4n) is 3.47. The molecule has 0 bridgehead atoms. The number of carbonyl (C=O) groups excluding carboxylic acids is 1. The maximum absolute atomic E-state index is 13.9. The van der Waals surface area contributed by atoms with Gasteiger partial charge in [0.15, 0.2) is 0 Å². The van der Waals surface area contributed by atoms with E-state index in [2.05, 4.69) is 19.2 Å². The van der Waals surface area contributed by atoms with Crippen LogP contribution in [0.1, 0.15) is 36.5 Å². The lowest BCUT2D eigenvalue weighted by atomic mass is 10.0. The molecule has 0 heterocycles. The second-order valence-corrected chi connectivity index (χ2v) is 12.0. The second kappa shape index (κ2) is 12.6. The SMILES string of the molecule is Cc1ccc(S(=O)(=O)N(CC(=O)NCCSCc2c(F)cccc2Cl)c2ccc(C(C)C)cc2)cc1. The number of nitrogens with zero attached hydrogens (tertiary/aromatic N) is 1. The average Bonchev–Trinajstić information content (AvgIpc) is 2.84. The molecule has 0 aliphatic rings. The number of thioether (sulfide) groups is 1. The van der Waals surface area contributed by atoms with Crippen molar-refractivity contribution in [2.24, 2.45) is 0 Å². The molecule has 0 unspecified atom stereocenters. The van der Waals surface area contributed by atoms with Crippen molar-refractivity contribution >= 4 is 45.0 Å². The predicted molar refractivity (Wildman–Crippen MR) is 147 cm³/mol. The van der Waals surface area contributed by atoms with E-state index in [1.807, 2.05) is 19.1 Å². The zero-order valence-corrected chi connectivity index (χ0v) is 22.9. The Kier molecular flexibility index (Phi) is 9.82. The highest BCUT2D eigenvalue weighted by molar-refractivity contribution is 7.98. The van der Waals surface area contributed by atoms with E-state index in [-0.39, 0.29) is 17.3 Å². The lowest BCUT2D eigenvalue weighted by Crippen LogP contribution is -2.41. The number of anilines is 1. The van der Waals surface area contributed by atoms with Crippen LogP contribution in [0.25, 0.3) is 0 Å². The van der Waals surface area contributed by atoms with Crippen molar-refractivity contribution in [1.82, 2.24) is 5.32 Å². The zero-order valence-electron chi connectivity index (χ0n) is 20.5. The first-order valence-corrected chi connectivity index (χ1v) is 14.5. The van der Waals surface area contributed by atoms with Gasteiger partial charge in [-0.25, -0.2) is 12.8 Å². The van der Waals surface area contributed by atoms with E-state index in [9.17, 15) is 17.6 Å². The van der Waals surface area contributed by atoms with Gasteiger partial charge in [0, 0.05) is 28.6 Å². The van der Waals surface area contributed by atoms with Gasteiger partial charge in [-0.15, -0.1) is 0 Å². The van der Waals surface area contributed by atoms with Crippen LogP contribution in [0.3, 0.4) is 0 Å². The average molecular weight is 549 g/mol. The van der Waals surface area contributed by atoms with Crippen molar-refractivity contribution in [3.05, 3.63) is 94.3 Å². The summed E-state index contributed by atoms with van der Waals surface area (Å²) in [4.78, 5) is 12.9. The third kappa shape index (κ3) is 7.24. The smallest absolute Gasteiger partial charge is 0.264 e. The van der Waals surface area contributed by atoms with Crippen LogP contribution < -0.4 is 9.62 Å². The van der Waals surface area contributed by atoms with Gasteiger partial charge in [0.2, 0.25) is 5.91 Å². The summed E-state index contributed by atoms with van der Waals surface area (Å²) >= 11 is 7.48. The summed E-state index contributed by atoms with van der Waals surface area (Å²) in [5.74, 6) is 0.394. The molecule has 0 aromatic heterocycles. The minimum atomic E-state index is -3.97. The van der Waals surface area contributed by atoms with E-state index in [0.29, 0.717) is 40.2 Å². The summed E-state index contributed by atoms with van der Waals surface area (Å²) in [5, 5.41) is 3.14. The van der Waals surface area contributed by atoms with Crippen molar-refractivity contribution in [2.75, 3.05) is 23.1 Å². The Morgan fingerprint density at radius 1 is 1.06 bits per heavy atom. The summed E-state index contributed by atoms with van der Waals surface area (Å²) in [7, 11) is -3.97. The molecule has 5 nitrogen and oxygen atoms in total. The first-order valence-electron chi connectivity index (χ1n) is 11.6. The van der Waals surface area contributed by atoms with Gasteiger partial charge in [0.25, 0.3) is 10.0 Å². The van der Waals surface area contributed by atoms with E-state index < -0.39 is 15.9 Å². The number of nitrogens with one attached hydrogen (secondary N) is 1. The summed E-state index contributed by atoms with van der Waals surface area (Å²) in [6.07, 6.45) is 0. The summed E-state index contributed by atoms with van der Waals surface area (Å²) in [6.45, 7) is 5.94. The number of hydrogen-bond donors (Lipinski definition) is 1. The lowest BCUT2D eigenvalue weighted by molar-refractivity contribution is -0.119. The fraction of sp³-hybridized carbons (Fsp3) is 0.296. The van der Waals surface area contributed by atoms with Crippen molar-refractivity contribution in [2.45, 2.75) is 37.3 Å². The van der Waals surface area contributed by atoms with Crippen molar-refractivity contribution in [1.29, 1.82) is 0 Å². The van der Waals surface area contributed by atoms with E-state index in [1.165, 1.54) is 17.8 Å². The molecule has 9 heteroatoms. The molecule has 0 fully saturated rings. The first-order chi connectivity index (χ1) is 17.1. The number of carbonyl (C=O) groups is 1. The molecule has 0 radical (unpaired) electrons. The first kappa shape index (κ1) is 28.0. The molecule has 3 aromatic carbocycles. The monoisotopic (exact) mass is 548 g/mol. The summed E-state index contributed by atoms with van der Waals surface area (Å²) in [5.41, 5.74) is 2.85. The van der Waals surface area contributed by atoms with Crippen molar-refractivity contribution in [3.63, 3.8) is 0 Å². The van der Waals surface area contributed by atoms with Crippen LogP contribution in [0.2, 0.25) is 5.02 Å². The molecule has 0 saturated heterocycles. The van der Waals surface area contributed by atoms with E-state index >= 15 is 0 Å². The van der Waals surface area contributed by atoms with Crippen molar-refractivity contribution < 1.29 is 17.6 Å². The zero-order chi connectivity index (χ0) is 26.3. The molecule has 3 rings (SSSR count). The molecule has 0 atom stereocenters. The molecular formula is C27H30ClFN2O3S2. The molecule has 1 N–H and O–H groups in total. The van der Waals surface area contributed by atoms with Crippen LogP contribution in [0, 0.1) is 12.7 Å². The van der Waals surface area contributed by atoms with Crippen LogP contribution in [-0.2, 0) is 20.6 Å². The maximum atomic E-state index is 13.9. The largest absolute Gasteiger partial charge is 0.354 e. The molecule has 1 amide bonds. The number of aryl methyl sites for hydroxylation is 1. The summed E-state index contributed by atoms with van der Waals surface area (Å²) in [6, 6.07) is 18.3. The highest BCUT2D eigenvalue weighted by Gasteiger charge is 2.27. The van der Waals surface area contributed by atoms with E-state index in [1.54, 1.807) is 48.5 Å². The van der Waals surface area contributed by atoms with Gasteiger partial charge in [-0.3, -0.25) is 9.10 Å². The lowest BCUT2D eigenvalue weighted by Gasteiger charge is -2.24. The van der Waals surface area contributed by atoms with Gasteiger partial charge in [-0.2, -0.15) is 11.8 Å². The molecule has 0 aliphatic heterocycles. The van der Waals surface area contributed by atoms with Crippen LogP contribution >= 0.6 is 23.4 Å².